The maximum Gasteiger partial charge on any atom is -0.00174 e. The van der Waals surface area contributed by atoms with Crippen molar-refractivity contribution in [3.8, 4) is 0 Å². The van der Waals surface area contributed by atoms with E-state index in [1.807, 2.05) is 0 Å². The highest BCUT2D eigenvalue weighted by Crippen LogP contribution is 2.34. The van der Waals surface area contributed by atoms with Crippen LogP contribution in [0.3, 0.4) is 0 Å². The fourth-order valence-electron chi connectivity index (χ4n) is 1.49. The van der Waals surface area contributed by atoms with Gasteiger partial charge in [-0.3, -0.25) is 0 Å². The summed E-state index contributed by atoms with van der Waals surface area (Å²) in [6, 6.07) is 0. The second-order valence-electron chi connectivity index (χ2n) is 2.61. The molecule has 3 rings (SSSR count). The minimum Gasteiger partial charge on any atom is -0.316 e. The van der Waals surface area contributed by atoms with Gasteiger partial charge in [0.05, 0.1) is 0 Å². The third-order valence-corrected chi connectivity index (χ3v) is 1.96. The number of hydrogen-bond donors (Lipinski definition) is 1. The van der Waals surface area contributed by atoms with E-state index in [1.54, 1.807) is 0 Å². The number of rotatable bonds is 0. The van der Waals surface area contributed by atoms with Crippen molar-refractivity contribution in [2.24, 2.45) is 11.8 Å². The number of hydrogen-bond acceptors (Lipinski definition) is 1. The third kappa shape index (κ3) is 0.480. The zero-order valence-corrected chi connectivity index (χ0v) is 4.35. The summed E-state index contributed by atoms with van der Waals surface area (Å²) in [6.07, 6.45) is 3.93. The Kier molecular flexibility index (Phi) is 0.680. The summed E-state index contributed by atoms with van der Waals surface area (Å²) >= 11 is 0. The lowest BCUT2D eigenvalue weighted by Crippen LogP contribution is -2.46. The smallest absolute Gasteiger partial charge is 0.00174 e. The van der Waals surface area contributed by atoms with E-state index in [4.69, 9.17) is 0 Å². The van der Waals surface area contributed by atoms with Gasteiger partial charge < -0.3 is 5.32 Å². The van der Waals surface area contributed by atoms with E-state index >= 15 is 0 Å². The molecule has 2 atom stereocenters. The molecule has 0 aromatic heterocycles. The van der Waals surface area contributed by atoms with Gasteiger partial charge in [-0.05, 0) is 37.8 Å². The summed E-state index contributed by atoms with van der Waals surface area (Å²) < 4.78 is 0. The Labute approximate surface area is 44.1 Å². The lowest BCUT2D eigenvalue weighted by Gasteiger charge is -2.40. The molecule has 0 aromatic carbocycles. The Morgan fingerprint density at radius 2 is 1.86 bits per heavy atom. The number of fused-ring (bicyclic) bond motifs is 2. The van der Waals surface area contributed by atoms with E-state index in [9.17, 15) is 0 Å². The second-order valence-corrected chi connectivity index (χ2v) is 2.61. The van der Waals surface area contributed by atoms with E-state index in [0.29, 0.717) is 0 Å². The quantitative estimate of drug-likeness (QED) is 0.461. The van der Waals surface area contributed by atoms with Gasteiger partial charge in [0.1, 0.15) is 0 Å². The lowest BCUT2D eigenvalue weighted by atomic mass is 9.72. The fourth-order valence-corrected chi connectivity index (χ4v) is 1.49. The van der Waals surface area contributed by atoms with Gasteiger partial charge in [-0.15, -0.1) is 0 Å². The SMILES string of the molecule is [CH]1C2CNCC1C2. The summed E-state index contributed by atoms with van der Waals surface area (Å²) in [7, 11) is 0. The molecule has 3 aliphatic rings. The molecule has 3 fully saturated rings. The van der Waals surface area contributed by atoms with E-state index in [1.165, 1.54) is 19.5 Å². The predicted octanol–water partition coefficient (Wildman–Crippen LogP) is 0.430. The van der Waals surface area contributed by atoms with Gasteiger partial charge in [-0.25, -0.2) is 0 Å². The van der Waals surface area contributed by atoms with E-state index < -0.39 is 0 Å². The van der Waals surface area contributed by atoms with Crippen LogP contribution in [0.4, 0.5) is 0 Å². The highest BCUT2D eigenvalue weighted by molar-refractivity contribution is 5.01. The van der Waals surface area contributed by atoms with Crippen LogP contribution in [0.5, 0.6) is 0 Å². The summed E-state index contributed by atoms with van der Waals surface area (Å²) in [5.74, 6) is 1.89. The van der Waals surface area contributed by atoms with Gasteiger partial charge in [-0.1, -0.05) is 0 Å². The standard InChI is InChI=1S/C6H10N/c1-5-2-6(1)4-7-3-5/h1,5-7H,2-4H2. The Hall–Kier alpha value is -0.0400. The first-order chi connectivity index (χ1) is 3.45. The van der Waals surface area contributed by atoms with E-state index in [-0.39, 0.29) is 0 Å². The molecular weight excluding hydrogens is 86.1 g/mol. The molecule has 1 saturated carbocycles. The summed E-state index contributed by atoms with van der Waals surface area (Å²) in [4.78, 5) is 0. The van der Waals surface area contributed by atoms with Crippen molar-refractivity contribution in [1.29, 1.82) is 0 Å². The van der Waals surface area contributed by atoms with E-state index in [0.717, 1.165) is 11.8 Å². The zero-order valence-electron chi connectivity index (χ0n) is 4.35. The number of nitrogens with one attached hydrogen (secondary N) is 1. The molecule has 2 unspecified atom stereocenters. The zero-order chi connectivity index (χ0) is 4.69. The largest absolute Gasteiger partial charge is 0.316 e. The van der Waals surface area contributed by atoms with Crippen molar-refractivity contribution in [2.75, 3.05) is 13.1 Å². The monoisotopic (exact) mass is 96.1 g/mol. The molecule has 39 valence electrons. The van der Waals surface area contributed by atoms with Crippen molar-refractivity contribution >= 4 is 0 Å². The van der Waals surface area contributed by atoms with Gasteiger partial charge in [0, 0.05) is 0 Å². The van der Waals surface area contributed by atoms with Gasteiger partial charge in [0.25, 0.3) is 0 Å². The summed E-state index contributed by atoms with van der Waals surface area (Å²) in [5.41, 5.74) is 0. The molecule has 1 nitrogen and oxygen atoms in total. The van der Waals surface area contributed by atoms with Crippen molar-refractivity contribution < 1.29 is 0 Å². The average molecular weight is 96.2 g/mol. The summed E-state index contributed by atoms with van der Waals surface area (Å²) in [6.45, 7) is 2.49. The first-order valence-corrected chi connectivity index (χ1v) is 3.01. The molecule has 2 aliphatic heterocycles. The van der Waals surface area contributed by atoms with Crippen LogP contribution in [-0.2, 0) is 0 Å². The number of piperidine rings is 2. The fraction of sp³-hybridized carbons (Fsp3) is 0.833. The molecule has 2 saturated heterocycles. The topological polar surface area (TPSA) is 12.0 Å². The molecular formula is C6H10N. The van der Waals surface area contributed by atoms with Gasteiger partial charge in [0.15, 0.2) is 0 Å². The van der Waals surface area contributed by atoms with Gasteiger partial charge in [0.2, 0.25) is 0 Å². The second kappa shape index (κ2) is 1.22. The molecule has 1 heteroatoms. The molecule has 2 bridgehead atoms. The van der Waals surface area contributed by atoms with Crippen molar-refractivity contribution in [3.63, 3.8) is 0 Å². The van der Waals surface area contributed by atoms with E-state index in [2.05, 4.69) is 11.7 Å². The maximum atomic E-state index is 3.35. The Morgan fingerprint density at radius 3 is 2.00 bits per heavy atom. The predicted molar refractivity (Wildman–Crippen MR) is 28.8 cm³/mol. The first kappa shape index (κ1) is 3.90. The molecule has 7 heavy (non-hydrogen) atoms. The van der Waals surface area contributed by atoms with Crippen LogP contribution in [0.2, 0.25) is 0 Å². The Morgan fingerprint density at radius 1 is 1.29 bits per heavy atom. The minimum atomic E-state index is 0.943. The lowest BCUT2D eigenvalue weighted by molar-refractivity contribution is 0.227. The van der Waals surface area contributed by atoms with Crippen molar-refractivity contribution in [3.05, 3.63) is 6.42 Å². The van der Waals surface area contributed by atoms with Crippen LogP contribution in [-0.4, -0.2) is 13.1 Å². The van der Waals surface area contributed by atoms with Gasteiger partial charge >= 0.3 is 0 Å². The maximum absolute atomic E-state index is 3.35. The molecule has 1 radical (unpaired) electrons. The molecule has 0 spiro atoms. The molecule has 0 amide bonds. The molecule has 2 heterocycles. The third-order valence-electron chi connectivity index (χ3n) is 1.96. The minimum absolute atomic E-state index is 0.943. The first-order valence-electron chi connectivity index (χ1n) is 3.01. The van der Waals surface area contributed by atoms with Crippen LogP contribution in [0, 0.1) is 18.3 Å². The Bertz CT molecular complexity index is 60.7. The summed E-state index contributed by atoms with van der Waals surface area (Å²) in [5, 5.41) is 3.35. The van der Waals surface area contributed by atoms with Crippen LogP contribution in [0.25, 0.3) is 0 Å². The van der Waals surface area contributed by atoms with Crippen LogP contribution in [0.1, 0.15) is 6.42 Å². The molecule has 0 aromatic rings. The van der Waals surface area contributed by atoms with Crippen LogP contribution < -0.4 is 5.32 Å². The Balaban J connectivity index is 1.99. The van der Waals surface area contributed by atoms with Crippen molar-refractivity contribution in [1.82, 2.24) is 5.32 Å². The highest BCUT2D eigenvalue weighted by atomic mass is 14.9. The van der Waals surface area contributed by atoms with Gasteiger partial charge in [-0.2, -0.15) is 0 Å². The van der Waals surface area contributed by atoms with Crippen LogP contribution >= 0.6 is 0 Å². The molecule has 1 aliphatic carbocycles. The highest BCUT2D eigenvalue weighted by Gasteiger charge is 2.32. The molecule has 1 N–H and O–H groups in total. The van der Waals surface area contributed by atoms with Crippen molar-refractivity contribution in [2.45, 2.75) is 6.42 Å². The average Bonchev–Trinajstić information content (AvgIpc) is 1.67. The normalized spacial score (nSPS) is 48.0. The van der Waals surface area contributed by atoms with Crippen LogP contribution in [0.15, 0.2) is 0 Å².